The molecule has 2 heterocycles. The summed E-state index contributed by atoms with van der Waals surface area (Å²) in [6, 6.07) is 18.4. The Kier molecular flexibility index (Phi) is 5.22. The molecule has 1 aromatic heterocycles. The van der Waals surface area contributed by atoms with Crippen molar-refractivity contribution in [3.8, 4) is 0 Å². The minimum atomic E-state index is -0.0374. The van der Waals surface area contributed by atoms with Gasteiger partial charge in [-0.15, -0.1) is 0 Å². The summed E-state index contributed by atoms with van der Waals surface area (Å²) in [6.45, 7) is 9.65. The Balaban J connectivity index is 1.74. The molecule has 4 rings (SSSR count). The van der Waals surface area contributed by atoms with E-state index in [0.717, 1.165) is 36.1 Å². The van der Waals surface area contributed by atoms with Crippen molar-refractivity contribution in [3.05, 3.63) is 76.6 Å². The van der Waals surface area contributed by atoms with Gasteiger partial charge >= 0.3 is 0 Å². The highest BCUT2D eigenvalue weighted by atomic mass is 35.5. The van der Waals surface area contributed by atoms with Gasteiger partial charge in [0.25, 0.3) is 0 Å². The zero-order chi connectivity index (χ0) is 20.6. The molecule has 0 spiro atoms. The molecule has 0 aliphatic carbocycles. The van der Waals surface area contributed by atoms with Crippen LogP contribution >= 0.6 is 11.6 Å². The van der Waals surface area contributed by atoms with Crippen LogP contribution in [0.15, 0.2) is 54.6 Å². The van der Waals surface area contributed by atoms with Crippen molar-refractivity contribution < 1.29 is 0 Å². The zero-order valence-corrected chi connectivity index (χ0v) is 18.2. The van der Waals surface area contributed by atoms with Gasteiger partial charge in [0.15, 0.2) is 0 Å². The molecule has 5 heteroatoms. The monoisotopic (exact) mass is 406 g/mol. The van der Waals surface area contributed by atoms with E-state index in [4.69, 9.17) is 21.6 Å². The number of fused-ring (bicyclic) bond motifs is 1. The van der Waals surface area contributed by atoms with Crippen LogP contribution in [0.5, 0.6) is 0 Å². The van der Waals surface area contributed by atoms with Crippen molar-refractivity contribution in [2.24, 2.45) is 0 Å². The fourth-order valence-corrected chi connectivity index (χ4v) is 4.04. The van der Waals surface area contributed by atoms with Gasteiger partial charge in [-0.1, -0.05) is 55.8 Å². The number of hydrogen-bond acceptors (Lipinski definition) is 4. The minimum absolute atomic E-state index is 0.0374. The van der Waals surface area contributed by atoms with Crippen LogP contribution in [0.2, 0.25) is 5.02 Å². The average Bonchev–Trinajstić information content (AvgIpc) is 2.66. The van der Waals surface area contributed by atoms with Gasteiger partial charge in [0, 0.05) is 34.8 Å². The van der Waals surface area contributed by atoms with Gasteiger partial charge in [-0.2, -0.15) is 0 Å². The lowest BCUT2D eigenvalue weighted by atomic mass is 9.85. The predicted molar refractivity (Wildman–Crippen MR) is 121 cm³/mol. The van der Waals surface area contributed by atoms with Gasteiger partial charge in [0.1, 0.15) is 17.5 Å². The van der Waals surface area contributed by atoms with Crippen molar-refractivity contribution in [2.45, 2.75) is 52.1 Å². The maximum absolute atomic E-state index is 6.15. The Morgan fingerprint density at radius 2 is 1.76 bits per heavy atom. The molecule has 1 N–H and O–H groups in total. The first kappa shape index (κ1) is 19.7. The van der Waals surface area contributed by atoms with Crippen LogP contribution in [0.25, 0.3) is 0 Å². The molecule has 3 aromatic rings. The van der Waals surface area contributed by atoms with E-state index < -0.39 is 0 Å². The summed E-state index contributed by atoms with van der Waals surface area (Å²) in [7, 11) is 0. The van der Waals surface area contributed by atoms with E-state index in [0.29, 0.717) is 5.02 Å². The van der Waals surface area contributed by atoms with Gasteiger partial charge in [0.05, 0.1) is 0 Å². The minimum Gasteiger partial charge on any atom is -0.347 e. The van der Waals surface area contributed by atoms with Crippen LogP contribution in [0.1, 0.15) is 50.6 Å². The maximum atomic E-state index is 6.15. The van der Waals surface area contributed by atoms with Gasteiger partial charge in [-0.05, 0) is 49.6 Å². The van der Waals surface area contributed by atoms with E-state index in [1.807, 2.05) is 30.3 Å². The average molecular weight is 407 g/mol. The number of halogens is 1. The normalized spacial score (nSPS) is 15.3. The van der Waals surface area contributed by atoms with Gasteiger partial charge in [-0.3, -0.25) is 0 Å². The Morgan fingerprint density at radius 3 is 2.48 bits per heavy atom. The van der Waals surface area contributed by atoms with Crippen molar-refractivity contribution in [1.29, 1.82) is 0 Å². The SMILES string of the molecule is CC(C)c1nc(Nc2cccc(Cl)c2)cc(N2Cc3ccccc3CC2(C)C)n1. The number of anilines is 3. The molecule has 0 fully saturated rings. The van der Waals surface area contributed by atoms with E-state index in [2.05, 4.69) is 62.2 Å². The molecular weight excluding hydrogens is 380 g/mol. The zero-order valence-electron chi connectivity index (χ0n) is 17.4. The second-order valence-corrected chi connectivity index (χ2v) is 9.04. The van der Waals surface area contributed by atoms with Crippen LogP contribution in [0.4, 0.5) is 17.3 Å². The molecule has 0 saturated carbocycles. The fourth-order valence-electron chi connectivity index (χ4n) is 3.85. The quantitative estimate of drug-likeness (QED) is 0.549. The van der Waals surface area contributed by atoms with Gasteiger partial charge in [0.2, 0.25) is 0 Å². The van der Waals surface area contributed by atoms with E-state index >= 15 is 0 Å². The molecule has 0 bridgehead atoms. The third kappa shape index (κ3) is 4.23. The summed E-state index contributed by atoms with van der Waals surface area (Å²) in [4.78, 5) is 12.1. The largest absolute Gasteiger partial charge is 0.347 e. The highest BCUT2D eigenvalue weighted by Crippen LogP contribution is 2.35. The molecule has 1 aliphatic heterocycles. The number of nitrogens with zero attached hydrogens (tertiary/aromatic N) is 3. The molecule has 0 amide bonds. The molecule has 2 aromatic carbocycles. The molecule has 150 valence electrons. The topological polar surface area (TPSA) is 41.1 Å². The maximum Gasteiger partial charge on any atom is 0.136 e. The van der Waals surface area contributed by atoms with Crippen molar-refractivity contribution in [1.82, 2.24) is 9.97 Å². The summed E-state index contributed by atoms with van der Waals surface area (Å²) < 4.78 is 0. The molecular formula is C24H27ClN4. The van der Waals surface area contributed by atoms with Crippen LogP contribution in [0.3, 0.4) is 0 Å². The summed E-state index contributed by atoms with van der Waals surface area (Å²) in [5, 5.41) is 4.10. The highest BCUT2D eigenvalue weighted by Gasteiger charge is 2.34. The van der Waals surface area contributed by atoms with Crippen LogP contribution in [-0.2, 0) is 13.0 Å². The van der Waals surface area contributed by atoms with E-state index in [1.165, 1.54) is 11.1 Å². The fraction of sp³-hybridized carbons (Fsp3) is 0.333. The first-order chi connectivity index (χ1) is 13.8. The lowest BCUT2D eigenvalue weighted by Crippen LogP contribution is -2.49. The lowest BCUT2D eigenvalue weighted by Gasteiger charge is -2.44. The second kappa shape index (κ2) is 7.68. The molecule has 0 radical (unpaired) electrons. The Morgan fingerprint density at radius 1 is 1.00 bits per heavy atom. The molecule has 1 aliphatic rings. The van der Waals surface area contributed by atoms with E-state index in [1.54, 1.807) is 0 Å². The Bertz CT molecular complexity index is 1030. The number of benzene rings is 2. The second-order valence-electron chi connectivity index (χ2n) is 8.60. The highest BCUT2D eigenvalue weighted by molar-refractivity contribution is 6.30. The number of rotatable bonds is 4. The van der Waals surface area contributed by atoms with Crippen molar-refractivity contribution in [3.63, 3.8) is 0 Å². The number of aromatic nitrogens is 2. The smallest absolute Gasteiger partial charge is 0.136 e. The Hall–Kier alpha value is -2.59. The molecule has 0 atom stereocenters. The number of nitrogens with one attached hydrogen (secondary N) is 1. The molecule has 29 heavy (non-hydrogen) atoms. The third-order valence-electron chi connectivity index (χ3n) is 5.42. The summed E-state index contributed by atoms with van der Waals surface area (Å²) >= 11 is 6.15. The first-order valence-corrected chi connectivity index (χ1v) is 10.5. The van der Waals surface area contributed by atoms with E-state index in [-0.39, 0.29) is 11.5 Å². The van der Waals surface area contributed by atoms with Gasteiger partial charge < -0.3 is 10.2 Å². The lowest BCUT2D eigenvalue weighted by molar-refractivity contribution is 0.426. The van der Waals surface area contributed by atoms with E-state index in [9.17, 15) is 0 Å². The Labute approximate surface area is 178 Å². The van der Waals surface area contributed by atoms with Gasteiger partial charge in [-0.25, -0.2) is 9.97 Å². The van der Waals surface area contributed by atoms with Crippen LogP contribution in [-0.4, -0.2) is 15.5 Å². The third-order valence-corrected chi connectivity index (χ3v) is 5.66. The van der Waals surface area contributed by atoms with Crippen LogP contribution < -0.4 is 10.2 Å². The standard InChI is InChI=1S/C24H27ClN4/c1-16(2)23-27-21(26-20-11-7-10-19(25)12-20)13-22(28-23)29-15-18-9-6-5-8-17(18)14-24(29,3)4/h5-13,16H,14-15H2,1-4H3,(H,26,27,28). The van der Waals surface area contributed by atoms with Crippen molar-refractivity contribution in [2.75, 3.05) is 10.2 Å². The summed E-state index contributed by atoms with van der Waals surface area (Å²) in [6.07, 6.45) is 0.987. The molecule has 4 nitrogen and oxygen atoms in total. The summed E-state index contributed by atoms with van der Waals surface area (Å²) in [5.74, 6) is 2.81. The molecule has 0 saturated heterocycles. The number of hydrogen-bond donors (Lipinski definition) is 1. The predicted octanol–water partition coefficient (Wildman–Crippen LogP) is 6.34. The van der Waals surface area contributed by atoms with Crippen molar-refractivity contribution >= 4 is 28.9 Å². The molecule has 0 unspecified atom stereocenters. The first-order valence-electron chi connectivity index (χ1n) is 10.1. The van der Waals surface area contributed by atoms with Crippen LogP contribution in [0, 0.1) is 0 Å². The summed E-state index contributed by atoms with van der Waals surface area (Å²) in [5.41, 5.74) is 3.66.